The van der Waals surface area contributed by atoms with E-state index in [1.54, 1.807) is 4.90 Å². The minimum absolute atomic E-state index is 0.190. The van der Waals surface area contributed by atoms with E-state index < -0.39 is 5.97 Å². The van der Waals surface area contributed by atoms with Crippen LogP contribution in [0.1, 0.15) is 29.8 Å². The van der Waals surface area contributed by atoms with Gasteiger partial charge in [0.05, 0.1) is 24.9 Å². The number of benzene rings is 2. The third-order valence-electron chi connectivity index (χ3n) is 5.02. The number of methoxy groups -OCH3 is 2. The molecular formula is C23H30ClN3O4. The van der Waals surface area contributed by atoms with Gasteiger partial charge in [-0.3, -0.25) is 0 Å². The van der Waals surface area contributed by atoms with Gasteiger partial charge in [-0.15, -0.1) is 0 Å². The van der Waals surface area contributed by atoms with Gasteiger partial charge in [0.15, 0.2) is 0 Å². The molecule has 2 aromatic rings. The first-order chi connectivity index (χ1) is 14.9. The molecule has 0 saturated carbocycles. The summed E-state index contributed by atoms with van der Waals surface area (Å²) in [6.45, 7) is 7.79. The van der Waals surface area contributed by atoms with Crippen molar-refractivity contribution in [3.63, 3.8) is 0 Å². The Hall–Kier alpha value is -2.77. The average Bonchev–Trinajstić information content (AvgIpc) is 2.79. The second-order valence-electron chi connectivity index (χ2n) is 6.89. The summed E-state index contributed by atoms with van der Waals surface area (Å²) in [7, 11) is 2.72. The third kappa shape index (κ3) is 6.87. The van der Waals surface area contributed by atoms with Crippen molar-refractivity contribution in [3.8, 4) is 5.75 Å². The van der Waals surface area contributed by atoms with E-state index in [0.29, 0.717) is 18.8 Å². The van der Waals surface area contributed by atoms with Gasteiger partial charge in [0.25, 0.3) is 0 Å². The van der Waals surface area contributed by atoms with Gasteiger partial charge in [0.2, 0.25) is 0 Å². The van der Waals surface area contributed by atoms with E-state index in [9.17, 15) is 9.59 Å². The molecule has 0 unspecified atom stereocenters. The van der Waals surface area contributed by atoms with Crippen LogP contribution in [0.15, 0.2) is 42.5 Å². The molecule has 2 aromatic carbocycles. The van der Waals surface area contributed by atoms with E-state index in [1.165, 1.54) is 26.4 Å². The number of halogens is 1. The number of urea groups is 1. The number of hydrogen-bond acceptors (Lipinski definition) is 5. The van der Waals surface area contributed by atoms with Crippen LogP contribution in [0.25, 0.3) is 0 Å². The highest BCUT2D eigenvalue weighted by molar-refractivity contribution is 6.34. The van der Waals surface area contributed by atoms with E-state index in [2.05, 4.69) is 24.1 Å². The molecule has 2 amide bonds. The van der Waals surface area contributed by atoms with Crippen LogP contribution in [0.4, 0.5) is 10.5 Å². The van der Waals surface area contributed by atoms with E-state index in [-0.39, 0.29) is 22.4 Å². The molecule has 2 rings (SSSR count). The van der Waals surface area contributed by atoms with Crippen LogP contribution in [0, 0.1) is 0 Å². The molecule has 8 heteroatoms. The molecule has 0 fully saturated rings. The van der Waals surface area contributed by atoms with Crippen LogP contribution in [-0.4, -0.2) is 62.2 Å². The Morgan fingerprint density at radius 3 is 2.29 bits per heavy atom. The monoisotopic (exact) mass is 447 g/mol. The van der Waals surface area contributed by atoms with Crippen molar-refractivity contribution in [2.45, 2.75) is 20.4 Å². The second-order valence-corrected chi connectivity index (χ2v) is 7.30. The van der Waals surface area contributed by atoms with Crippen LogP contribution in [0.5, 0.6) is 5.75 Å². The van der Waals surface area contributed by atoms with E-state index in [1.807, 2.05) is 30.3 Å². The number of carbonyl (C=O) groups is 2. The Bertz CT molecular complexity index is 873. The summed E-state index contributed by atoms with van der Waals surface area (Å²) in [5.41, 5.74) is 1.58. The van der Waals surface area contributed by atoms with Crippen molar-refractivity contribution < 1.29 is 19.1 Å². The standard InChI is InChI=1S/C23H30ClN3O4/c1-5-26(6-2)12-13-27(16-17-10-8-7-9-11-17)23(29)25-20-15-21(30-3)18(14-19(20)24)22(28)31-4/h7-11,14-15H,5-6,12-13,16H2,1-4H3,(H,25,29). The molecule has 0 aromatic heterocycles. The third-order valence-corrected chi connectivity index (χ3v) is 5.33. The number of nitrogens with zero attached hydrogens (tertiary/aromatic N) is 2. The van der Waals surface area contributed by atoms with Crippen molar-refractivity contribution in [2.75, 3.05) is 45.7 Å². The molecule has 0 atom stereocenters. The lowest BCUT2D eigenvalue weighted by Gasteiger charge is -2.27. The molecule has 0 aliphatic heterocycles. The summed E-state index contributed by atoms with van der Waals surface area (Å²) in [5.74, 6) is -0.300. The minimum atomic E-state index is -0.568. The van der Waals surface area contributed by atoms with Gasteiger partial charge in [0, 0.05) is 25.7 Å². The number of hydrogen-bond donors (Lipinski definition) is 1. The van der Waals surface area contributed by atoms with Gasteiger partial charge in [-0.05, 0) is 24.7 Å². The first kappa shape index (κ1) is 24.5. The Morgan fingerprint density at radius 2 is 1.71 bits per heavy atom. The lowest BCUT2D eigenvalue weighted by molar-refractivity contribution is 0.0597. The van der Waals surface area contributed by atoms with Crippen molar-refractivity contribution >= 4 is 29.3 Å². The van der Waals surface area contributed by atoms with Crippen LogP contribution in [0.2, 0.25) is 5.02 Å². The predicted octanol–water partition coefficient (Wildman–Crippen LogP) is 4.51. The summed E-state index contributed by atoms with van der Waals surface area (Å²) in [6.07, 6.45) is 0. The smallest absolute Gasteiger partial charge is 0.341 e. The first-order valence-electron chi connectivity index (χ1n) is 10.2. The highest BCUT2D eigenvalue weighted by atomic mass is 35.5. The summed E-state index contributed by atoms with van der Waals surface area (Å²) in [6, 6.07) is 12.5. The maximum Gasteiger partial charge on any atom is 0.341 e. The predicted molar refractivity (Wildman–Crippen MR) is 123 cm³/mol. The number of anilines is 1. The quantitative estimate of drug-likeness (QED) is 0.542. The molecule has 0 aliphatic rings. The molecule has 0 heterocycles. The van der Waals surface area contributed by atoms with Crippen LogP contribution in [-0.2, 0) is 11.3 Å². The number of amides is 2. The molecule has 1 N–H and O–H groups in total. The Morgan fingerprint density at radius 1 is 1.03 bits per heavy atom. The molecule has 0 aliphatic carbocycles. The SMILES string of the molecule is CCN(CC)CCN(Cc1ccccc1)C(=O)Nc1cc(OC)c(C(=O)OC)cc1Cl. The molecule has 7 nitrogen and oxygen atoms in total. The average molecular weight is 448 g/mol. The zero-order valence-electron chi connectivity index (χ0n) is 18.5. The molecule has 0 radical (unpaired) electrons. The molecule has 31 heavy (non-hydrogen) atoms. The lowest BCUT2D eigenvalue weighted by atomic mass is 10.1. The van der Waals surface area contributed by atoms with Gasteiger partial charge in [0.1, 0.15) is 11.3 Å². The number of ether oxygens (including phenoxy) is 2. The summed E-state index contributed by atoms with van der Waals surface area (Å²) in [5, 5.41) is 3.07. The second kappa shape index (κ2) is 12.2. The van der Waals surface area contributed by atoms with Gasteiger partial charge in [-0.1, -0.05) is 55.8 Å². The number of esters is 1. The topological polar surface area (TPSA) is 71.1 Å². The number of carbonyl (C=O) groups excluding carboxylic acids is 2. The highest BCUT2D eigenvalue weighted by Gasteiger charge is 2.20. The van der Waals surface area contributed by atoms with Gasteiger partial charge in [-0.2, -0.15) is 0 Å². The van der Waals surface area contributed by atoms with E-state index >= 15 is 0 Å². The maximum absolute atomic E-state index is 13.1. The Labute approximate surface area is 188 Å². The van der Waals surface area contributed by atoms with Crippen LogP contribution < -0.4 is 10.1 Å². The Balaban J connectivity index is 2.24. The summed E-state index contributed by atoms with van der Waals surface area (Å²) >= 11 is 6.34. The highest BCUT2D eigenvalue weighted by Crippen LogP contribution is 2.31. The molecule has 0 bridgehead atoms. The molecule has 0 saturated heterocycles. The largest absolute Gasteiger partial charge is 0.496 e. The van der Waals surface area contributed by atoms with Gasteiger partial charge < -0.3 is 24.6 Å². The fraction of sp³-hybridized carbons (Fsp3) is 0.391. The zero-order valence-corrected chi connectivity index (χ0v) is 19.2. The number of nitrogens with one attached hydrogen (secondary N) is 1. The molecule has 168 valence electrons. The minimum Gasteiger partial charge on any atom is -0.496 e. The molecular weight excluding hydrogens is 418 g/mol. The first-order valence-corrected chi connectivity index (χ1v) is 10.6. The van der Waals surface area contributed by atoms with Crippen molar-refractivity contribution in [1.82, 2.24) is 9.80 Å². The zero-order chi connectivity index (χ0) is 22.8. The van der Waals surface area contributed by atoms with Gasteiger partial charge in [-0.25, -0.2) is 9.59 Å². The van der Waals surface area contributed by atoms with Crippen molar-refractivity contribution in [3.05, 3.63) is 58.6 Å². The summed E-state index contributed by atoms with van der Waals surface area (Å²) < 4.78 is 10.0. The van der Waals surface area contributed by atoms with Crippen molar-refractivity contribution in [1.29, 1.82) is 0 Å². The number of rotatable bonds is 10. The summed E-state index contributed by atoms with van der Waals surface area (Å²) in [4.78, 5) is 29.1. The fourth-order valence-corrected chi connectivity index (χ4v) is 3.35. The van der Waals surface area contributed by atoms with E-state index in [0.717, 1.165) is 25.2 Å². The normalized spacial score (nSPS) is 10.6. The number of likely N-dealkylation sites (N-methyl/N-ethyl adjacent to an activating group) is 1. The Kier molecular flexibility index (Phi) is 9.62. The van der Waals surface area contributed by atoms with Gasteiger partial charge >= 0.3 is 12.0 Å². The fourth-order valence-electron chi connectivity index (χ4n) is 3.14. The maximum atomic E-state index is 13.1. The van der Waals surface area contributed by atoms with E-state index in [4.69, 9.17) is 21.1 Å². The van der Waals surface area contributed by atoms with Crippen molar-refractivity contribution in [2.24, 2.45) is 0 Å². The van der Waals surface area contributed by atoms with Crippen LogP contribution in [0.3, 0.4) is 0 Å². The molecule has 0 spiro atoms. The van der Waals surface area contributed by atoms with Crippen LogP contribution >= 0.6 is 11.6 Å². The lowest BCUT2D eigenvalue weighted by Crippen LogP contribution is -2.40.